The van der Waals surface area contributed by atoms with Gasteiger partial charge in [-0.05, 0) is 23.8 Å². The molecule has 1 aliphatic carbocycles. The first kappa shape index (κ1) is 12.8. The van der Waals surface area contributed by atoms with Gasteiger partial charge in [0.2, 0.25) is 0 Å². The first-order valence-corrected chi connectivity index (χ1v) is 5.95. The zero-order valence-electron chi connectivity index (χ0n) is 9.80. The molecule has 5 heteroatoms. The Morgan fingerprint density at radius 2 is 2.28 bits per heavy atom. The Morgan fingerprint density at radius 3 is 2.89 bits per heavy atom. The van der Waals surface area contributed by atoms with Crippen molar-refractivity contribution in [3.05, 3.63) is 41.2 Å². The number of ether oxygens (including phenoxy) is 1. The SMILES string of the molecule is CC(=O)O[C@H]1C=CC(=O)[C@@H](c2ccc(Cl)nc2)C1. The monoisotopic (exact) mass is 265 g/mol. The largest absolute Gasteiger partial charge is 0.458 e. The van der Waals surface area contributed by atoms with Gasteiger partial charge < -0.3 is 4.74 Å². The van der Waals surface area contributed by atoms with Crippen molar-refractivity contribution in [1.82, 2.24) is 4.98 Å². The predicted octanol–water partition coefficient (Wildman–Crippen LogP) is 2.28. The van der Waals surface area contributed by atoms with Gasteiger partial charge in [-0.15, -0.1) is 0 Å². The smallest absolute Gasteiger partial charge is 0.303 e. The Kier molecular flexibility index (Phi) is 3.77. The average molecular weight is 266 g/mol. The first-order valence-electron chi connectivity index (χ1n) is 5.57. The molecule has 0 N–H and O–H groups in total. The van der Waals surface area contributed by atoms with Gasteiger partial charge in [0.05, 0.1) is 5.92 Å². The van der Waals surface area contributed by atoms with Crippen LogP contribution in [-0.4, -0.2) is 22.8 Å². The molecule has 0 aliphatic heterocycles. The van der Waals surface area contributed by atoms with Gasteiger partial charge in [-0.2, -0.15) is 0 Å². The standard InChI is InChI=1S/C13H12ClNO3/c1-8(16)18-10-3-4-12(17)11(6-10)9-2-5-13(14)15-7-9/h2-5,7,10-11H,6H2,1H3/t10-,11+/m0/s1. The van der Waals surface area contributed by atoms with Crippen molar-refractivity contribution in [2.24, 2.45) is 0 Å². The molecule has 1 heterocycles. The number of allylic oxidation sites excluding steroid dienone is 1. The zero-order valence-corrected chi connectivity index (χ0v) is 10.6. The molecule has 0 fully saturated rings. The van der Waals surface area contributed by atoms with E-state index in [4.69, 9.17) is 16.3 Å². The summed E-state index contributed by atoms with van der Waals surface area (Å²) >= 11 is 5.71. The van der Waals surface area contributed by atoms with E-state index >= 15 is 0 Å². The Balaban J connectivity index is 2.17. The Labute approximate surface area is 110 Å². The third-order valence-electron chi connectivity index (χ3n) is 2.76. The predicted molar refractivity (Wildman–Crippen MR) is 66.3 cm³/mol. The van der Waals surface area contributed by atoms with Crippen molar-refractivity contribution >= 4 is 23.4 Å². The number of hydrogen-bond donors (Lipinski definition) is 0. The minimum atomic E-state index is -0.360. The zero-order chi connectivity index (χ0) is 13.1. The van der Waals surface area contributed by atoms with Crippen LogP contribution in [0.5, 0.6) is 0 Å². The molecule has 1 aliphatic rings. The van der Waals surface area contributed by atoms with Gasteiger partial charge in [0, 0.05) is 19.5 Å². The van der Waals surface area contributed by atoms with Gasteiger partial charge in [0.15, 0.2) is 5.78 Å². The summed E-state index contributed by atoms with van der Waals surface area (Å²) in [6.45, 7) is 1.35. The molecule has 1 aromatic heterocycles. The summed E-state index contributed by atoms with van der Waals surface area (Å²) in [5.74, 6) is -0.696. The van der Waals surface area contributed by atoms with Crippen molar-refractivity contribution in [1.29, 1.82) is 0 Å². The number of hydrogen-bond acceptors (Lipinski definition) is 4. The van der Waals surface area contributed by atoms with E-state index in [9.17, 15) is 9.59 Å². The van der Waals surface area contributed by atoms with E-state index in [1.807, 2.05) is 0 Å². The minimum Gasteiger partial charge on any atom is -0.458 e. The fourth-order valence-corrected chi connectivity index (χ4v) is 2.05. The second-order valence-corrected chi connectivity index (χ2v) is 4.50. The molecular weight excluding hydrogens is 254 g/mol. The number of pyridine rings is 1. The molecule has 0 spiro atoms. The quantitative estimate of drug-likeness (QED) is 0.608. The average Bonchev–Trinajstić information content (AvgIpc) is 2.32. The van der Waals surface area contributed by atoms with E-state index in [0.717, 1.165) is 5.56 Å². The number of halogens is 1. The van der Waals surface area contributed by atoms with E-state index in [1.54, 1.807) is 24.4 Å². The second kappa shape index (κ2) is 5.31. The van der Waals surface area contributed by atoms with E-state index in [2.05, 4.69) is 4.98 Å². The Bertz CT molecular complexity index is 495. The molecule has 0 saturated carbocycles. The number of carbonyl (C=O) groups is 2. The van der Waals surface area contributed by atoms with Gasteiger partial charge in [-0.3, -0.25) is 9.59 Å². The van der Waals surface area contributed by atoms with E-state index in [-0.39, 0.29) is 23.8 Å². The number of esters is 1. The van der Waals surface area contributed by atoms with Crippen LogP contribution in [0, 0.1) is 0 Å². The molecule has 0 bridgehead atoms. The summed E-state index contributed by atoms with van der Waals surface area (Å²) in [6.07, 6.45) is 4.73. The van der Waals surface area contributed by atoms with Gasteiger partial charge in [-0.1, -0.05) is 17.7 Å². The third-order valence-corrected chi connectivity index (χ3v) is 2.98. The highest BCUT2D eigenvalue weighted by Crippen LogP contribution is 2.28. The maximum Gasteiger partial charge on any atom is 0.303 e. The van der Waals surface area contributed by atoms with Crippen LogP contribution in [0.4, 0.5) is 0 Å². The number of ketones is 1. The number of nitrogens with zero attached hydrogens (tertiary/aromatic N) is 1. The number of aromatic nitrogens is 1. The van der Waals surface area contributed by atoms with Gasteiger partial charge in [-0.25, -0.2) is 4.98 Å². The molecule has 0 saturated heterocycles. The van der Waals surface area contributed by atoms with Crippen LogP contribution in [0.15, 0.2) is 30.5 Å². The summed E-state index contributed by atoms with van der Waals surface area (Å²) in [4.78, 5) is 26.7. The first-order chi connectivity index (χ1) is 8.56. The number of carbonyl (C=O) groups excluding carboxylic acids is 2. The van der Waals surface area contributed by atoms with Crippen LogP contribution in [0.2, 0.25) is 5.15 Å². The van der Waals surface area contributed by atoms with Crippen LogP contribution in [0.25, 0.3) is 0 Å². The maximum absolute atomic E-state index is 11.8. The molecule has 94 valence electrons. The van der Waals surface area contributed by atoms with Gasteiger partial charge in [0.1, 0.15) is 11.3 Å². The van der Waals surface area contributed by atoms with Gasteiger partial charge in [0.25, 0.3) is 0 Å². The lowest BCUT2D eigenvalue weighted by Crippen LogP contribution is -2.25. The van der Waals surface area contributed by atoms with Gasteiger partial charge >= 0.3 is 5.97 Å². The minimum absolute atomic E-state index is 0.0116. The van der Waals surface area contributed by atoms with Crippen molar-refractivity contribution in [3.8, 4) is 0 Å². The maximum atomic E-state index is 11.8. The molecule has 2 rings (SSSR count). The summed E-state index contributed by atoms with van der Waals surface area (Å²) in [5, 5.41) is 0.383. The number of rotatable bonds is 2. The van der Waals surface area contributed by atoms with Crippen molar-refractivity contribution in [2.45, 2.75) is 25.4 Å². The van der Waals surface area contributed by atoms with E-state index < -0.39 is 0 Å². The van der Waals surface area contributed by atoms with Crippen LogP contribution in [0.3, 0.4) is 0 Å². The topological polar surface area (TPSA) is 56.3 Å². The lowest BCUT2D eigenvalue weighted by molar-refractivity contribution is -0.145. The molecule has 0 unspecified atom stereocenters. The third kappa shape index (κ3) is 2.96. The highest BCUT2D eigenvalue weighted by atomic mass is 35.5. The molecule has 0 radical (unpaired) electrons. The van der Waals surface area contributed by atoms with Crippen LogP contribution < -0.4 is 0 Å². The second-order valence-electron chi connectivity index (χ2n) is 4.11. The molecule has 0 amide bonds. The Morgan fingerprint density at radius 1 is 1.50 bits per heavy atom. The van der Waals surface area contributed by atoms with Crippen LogP contribution in [0.1, 0.15) is 24.8 Å². The highest BCUT2D eigenvalue weighted by Gasteiger charge is 2.27. The molecular formula is C13H12ClNO3. The van der Waals surface area contributed by atoms with Crippen molar-refractivity contribution in [3.63, 3.8) is 0 Å². The van der Waals surface area contributed by atoms with E-state index in [1.165, 1.54) is 13.0 Å². The summed E-state index contributed by atoms with van der Waals surface area (Å²) in [7, 11) is 0. The van der Waals surface area contributed by atoms with Crippen molar-refractivity contribution in [2.75, 3.05) is 0 Å². The summed E-state index contributed by atoms with van der Waals surface area (Å²) in [5.41, 5.74) is 0.783. The Hall–Kier alpha value is -1.68. The summed E-state index contributed by atoms with van der Waals surface area (Å²) < 4.78 is 5.09. The van der Waals surface area contributed by atoms with Crippen LogP contribution >= 0.6 is 11.6 Å². The molecule has 1 aromatic rings. The fourth-order valence-electron chi connectivity index (χ4n) is 1.94. The summed E-state index contributed by atoms with van der Waals surface area (Å²) in [6, 6.07) is 3.41. The van der Waals surface area contributed by atoms with E-state index in [0.29, 0.717) is 11.6 Å². The fraction of sp³-hybridized carbons (Fsp3) is 0.308. The molecule has 2 atom stereocenters. The normalized spacial score (nSPS) is 22.9. The lowest BCUT2D eigenvalue weighted by Gasteiger charge is -2.23. The molecule has 0 aromatic carbocycles. The highest BCUT2D eigenvalue weighted by molar-refractivity contribution is 6.29. The van der Waals surface area contributed by atoms with Crippen LogP contribution in [-0.2, 0) is 14.3 Å². The molecule has 18 heavy (non-hydrogen) atoms. The van der Waals surface area contributed by atoms with Crippen molar-refractivity contribution < 1.29 is 14.3 Å². The lowest BCUT2D eigenvalue weighted by atomic mass is 9.86. The molecule has 4 nitrogen and oxygen atoms in total.